The zero-order valence-electron chi connectivity index (χ0n) is 25.2. The van der Waals surface area contributed by atoms with Gasteiger partial charge in [-0.1, -0.05) is 85.5 Å². The highest BCUT2D eigenvalue weighted by Crippen LogP contribution is 2.24. The fourth-order valence-corrected chi connectivity index (χ4v) is 6.44. The van der Waals surface area contributed by atoms with Gasteiger partial charge in [0.25, 0.3) is 0 Å². The molecule has 3 aromatic rings. The van der Waals surface area contributed by atoms with Gasteiger partial charge in [0.2, 0.25) is 21.8 Å². The Bertz CT molecular complexity index is 1480. The lowest BCUT2D eigenvalue weighted by Gasteiger charge is -2.35. The molecule has 0 aliphatic heterocycles. The molecule has 0 aromatic heterocycles. The highest BCUT2D eigenvalue weighted by atomic mass is 32.2. The van der Waals surface area contributed by atoms with E-state index in [9.17, 15) is 18.0 Å². The molecule has 224 valence electrons. The number of aryl methyl sites for hydroxylation is 3. The molecule has 1 saturated carbocycles. The van der Waals surface area contributed by atoms with E-state index in [2.05, 4.69) is 5.32 Å². The first-order chi connectivity index (χ1) is 20.0. The summed E-state index contributed by atoms with van der Waals surface area (Å²) in [4.78, 5) is 29.9. The molecule has 0 radical (unpaired) electrons. The summed E-state index contributed by atoms with van der Waals surface area (Å²) in [5, 5.41) is 3.24. The zero-order chi connectivity index (χ0) is 30.3. The van der Waals surface area contributed by atoms with Crippen LogP contribution in [0.1, 0.15) is 59.9 Å². The summed E-state index contributed by atoms with van der Waals surface area (Å²) in [5.41, 5.74) is 5.23. The minimum Gasteiger partial charge on any atom is -0.352 e. The van der Waals surface area contributed by atoms with Crippen molar-refractivity contribution in [2.24, 2.45) is 0 Å². The lowest BCUT2D eigenvalue weighted by atomic mass is 9.94. The summed E-state index contributed by atoms with van der Waals surface area (Å²) in [6.45, 7) is 5.63. The van der Waals surface area contributed by atoms with E-state index in [1.165, 1.54) is 0 Å². The summed E-state index contributed by atoms with van der Waals surface area (Å²) in [6.07, 6.45) is 6.57. The van der Waals surface area contributed by atoms with E-state index in [1.54, 1.807) is 17.0 Å². The summed E-state index contributed by atoms with van der Waals surface area (Å²) in [6, 6.07) is 22.1. The second kappa shape index (κ2) is 14.0. The molecular formula is C34H43N3O4S. The summed E-state index contributed by atoms with van der Waals surface area (Å²) >= 11 is 0. The van der Waals surface area contributed by atoms with Crippen molar-refractivity contribution in [2.75, 3.05) is 17.1 Å². The molecule has 1 aliphatic carbocycles. The number of nitrogens with zero attached hydrogens (tertiary/aromatic N) is 2. The normalized spacial score (nSPS) is 14.7. The Morgan fingerprint density at radius 3 is 2.19 bits per heavy atom. The second-order valence-electron chi connectivity index (χ2n) is 11.6. The number of anilines is 1. The molecular weight excluding hydrogens is 546 g/mol. The van der Waals surface area contributed by atoms with Gasteiger partial charge in [0.05, 0.1) is 11.9 Å². The van der Waals surface area contributed by atoms with Crippen molar-refractivity contribution in [3.05, 3.63) is 101 Å². The third-order valence-electron chi connectivity index (χ3n) is 8.12. The number of hydrogen-bond acceptors (Lipinski definition) is 4. The Hall–Kier alpha value is -3.65. The van der Waals surface area contributed by atoms with E-state index in [1.807, 2.05) is 81.4 Å². The first-order valence-corrected chi connectivity index (χ1v) is 16.6. The van der Waals surface area contributed by atoms with Gasteiger partial charge in [-0.25, -0.2) is 8.42 Å². The smallest absolute Gasteiger partial charge is 0.244 e. The van der Waals surface area contributed by atoms with Crippen LogP contribution in [0.25, 0.3) is 0 Å². The average molecular weight is 590 g/mol. The van der Waals surface area contributed by atoms with Crippen LogP contribution in [0.3, 0.4) is 0 Å². The quantitative estimate of drug-likeness (QED) is 0.322. The molecule has 0 bridgehead atoms. The Labute approximate surface area is 251 Å². The van der Waals surface area contributed by atoms with Crippen molar-refractivity contribution < 1.29 is 18.0 Å². The van der Waals surface area contributed by atoms with Crippen molar-refractivity contribution in [2.45, 2.75) is 77.9 Å². The van der Waals surface area contributed by atoms with Crippen molar-refractivity contribution in [1.82, 2.24) is 10.2 Å². The van der Waals surface area contributed by atoms with Crippen LogP contribution in [0, 0.1) is 20.8 Å². The molecule has 1 fully saturated rings. The van der Waals surface area contributed by atoms with Gasteiger partial charge in [-0.15, -0.1) is 0 Å². The average Bonchev–Trinajstić information content (AvgIpc) is 2.95. The number of nitrogens with one attached hydrogen (secondary N) is 1. The maximum atomic E-state index is 14.3. The molecule has 2 amide bonds. The fraction of sp³-hybridized carbons (Fsp3) is 0.412. The van der Waals surface area contributed by atoms with Crippen LogP contribution in [0.4, 0.5) is 5.69 Å². The molecule has 7 nitrogen and oxygen atoms in total. The third-order valence-corrected chi connectivity index (χ3v) is 9.26. The highest BCUT2D eigenvalue weighted by Gasteiger charge is 2.34. The van der Waals surface area contributed by atoms with E-state index in [-0.39, 0.29) is 18.5 Å². The number of rotatable bonds is 11. The van der Waals surface area contributed by atoms with Crippen molar-refractivity contribution >= 4 is 27.5 Å². The van der Waals surface area contributed by atoms with E-state index in [0.29, 0.717) is 12.1 Å². The van der Waals surface area contributed by atoms with Gasteiger partial charge in [-0.2, -0.15) is 0 Å². The van der Waals surface area contributed by atoms with Gasteiger partial charge in [0.1, 0.15) is 12.6 Å². The minimum atomic E-state index is -3.80. The minimum absolute atomic E-state index is 0.0727. The van der Waals surface area contributed by atoms with E-state index >= 15 is 0 Å². The molecule has 1 atom stereocenters. The highest BCUT2D eigenvalue weighted by molar-refractivity contribution is 7.92. The number of benzene rings is 3. The van der Waals surface area contributed by atoms with Gasteiger partial charge >= 0.3 is 0 Å². The van der Waals surface area contributed by atoms with Crippen LogP contribution in [-0.2, 0) is 32.6 Å². The Kier molecular flexibility index (Phi) is 10.4. The summed E-state index contributed by atoms with van der Waals surface area (Å²) < 4.78 is 27.2. The van der Waals surface area contributed by atoms with E-state index in [0.717, 1.165) is 70.5 Å². The SMILES string of the molecule is Cc1cccc(CN(C(=O)CN(c2ccc(C)c(C)c2)S(C)(=O)=O)[C@@H](Cc2ccccc2)C(=O)NC2CCCCC2)c1. The first kappa shape index (κ1) is 31.3. The summed E-state index contributed by atoms with van der Waals surface area (Å²) in [7, 11) is -3.80. The predicted octanol–water partition coefficient (Wildman–Crippen LogP) is 5.47. The second-order valence-corrected chi connectivity index (χ2v) is 13.5. The van der Waals surface area contributed by atoms with Crippen molar-refractivity contribution in [3.63, 3.8) is 0 Å². The fourth-order valence-electron chi connectivity index (χ4n) is 5.60. The number of sulfonamides is 1. The van der Waals surface area contributed by atoms with Gasteiger partial charge in [-0.3, -0.25) is 13.9 Å². The largest absolute Gasteiger partial charge is 0.352 e. The molecule has 3 aromatic carbocycles. The van der Waals surface area contributed by atoms with E-state index in [4.69, 9.17) is 0 Å². The van der Waals surface area contributed by atoms with E-state index < -0.39 is 28.5 Å². The predicted molar refractivity (Wildman–Crippen MR) is 169 cm³/mol. The third kappa shape index (κ3) is 8.44. The molecule has 42 heavy (non-hydrogen) atoms. The number of carbonyl (C=O) groups excluding carboxylic acids is 2. The van der Waals surface area contributed by atoms with Gasteiger partial charge in [-0.05, 0) is 68.0 Å². The maximum absolute atomic E-state index is 14.3. The standard InChI is InChI=1S/C34H43N3O4S/c1-25-12-11-15-29(20-25)23-36(33(38)24-37(42(4,40)41)31-19-18-26(2)27(3)21-31)32(22-28-13-7-5-8-14-28)34(39)35-30-16-9-6-10-17-30/h5,7-8,11-15,18-21,30,32H,6,9-10,16-17,22-24H2,1-4H3,(H,35,39)/t32-/m0/s1. The molecule has 1 N–H and O–H groups in total. The maximum Gasteiger partial charge on any atom is 0.244 e. The lowest BCUT2D eigenvalue weighted by molar-refractivity contribution is -0.140. The van der Waals surface area contributed by atoms with Crippen LogP contribution in [0.2, 0.25) is 0 Å². The molecule has 0 saturated heterocycles. The topological polar surface area (TPSA) is 86.8 Å². The number of carbonyl (C=O) groups is 2. The molecule has 0 heterocycles. The number of hydrogen-bond donors (Lipinski definition) is 1. The molecule has 4 rings (SSSR count). The van der Waals surface area contributed by atoms with Crippen LogP contribution < -0.4 is 9.62 Å². The van der Waals surface area contributed by atoms with Crippen LogP contribution >= 0.6 is 0 Å². The zero-order valence-corrected chi connectivity index (χ0v) is 26.0. The molecule has 1 aliphatic rings. The Morgan fingerprint density at radius 2 is 1.55 bits per heavy atom. The number of amides is 2. The molecule has 0 spiro atoms. The Morgan fingerprint density at radius 1 is 0.857 bits per heavy atom. The first-order valence-electron chi connectivity index (χ1n) is 14.8. The van der Waals surface area contributed by atoms with Crippen LogP contribution in [-0.4, -0.2) is 50.0 Å². The molecule has 0 unspecified atom stereocenters. The van der Waals surface area contributed by atoms with Gasteiger partial charge in [0.15, 0.2) is 0 Å². The van der Waals surface area contributed by atoms with Crippen LogP contribution in [0.15, 0.2) is 72.8 Å². The van der Waals surface area contributed by atoms with Crippen LogP contribution in [0.5, 0.6) is 0 Å². The van der Waals surface area contributed by atoms with Gasteiger partial charge < -0.3 is 10.2 Å². The van der Waals surface area contributed by atoms with Crippen molar-refractivity contribution in [3.8, 4) is 0 Å². The summed E-state index contributed by atoms with van der Waals surface area (Å²) in [5.74, 6) is -0.635. The van der Waals surface area contributed by atoms with Gasteiger partial charge in [0, 0.05) is 19.0 Å². The molecule has 8 heteroatoms. The lowest BCUT2D eigenvalue weighted by Crippen LogP contribution is -2.55. The Balaban J connectivity index is 1.73. The monoisotopic (exact) mass is 589 g/mol. The van der Waals surface area contributed by atoms with Crippen molar-refractivity contribution in [1.29, 1.82) is 0 Å².